The Hall–Kier alpha value is -2.60. The van der Waals surface area contributed by atoms with Crippen molar-refractivity contribution in [3.63, 3.8) is 0 Å². The summed E-state index contributed by atoms with van der Waals surface area (Å²) in [5.41, 5.74) is 2.70. The van der Waals surface area contributed by atoms with Gasteiger partial charge in [-0.05, 0) is 31.5 Å². The van der Waals surface area contributed by atoms with Gasteiger partial charge in [0.15, 0.2) is 0 Å². The first-order valence-electron chi connectivity index (χ1n) is 7.04. The molecule has 0 radical (unpaired) electrons. The van der Waals surface area contributed by atoms with Crippen molar-refractivity contribution >= 4 is 23.2 Å². The highest BCUT2D eigenvalue weighted by atomic mass is 35.5. The Labute approximate surface area is 138 Å². The summed E-state index contributed by atoms with van der Waals surface area (Å²) in [6, 6.07) is 7.54. The third-order valence-electron chi connectivity index (χ3n) is 3.41. The van der Waals surface area contributed by atoms with Crippen molar-refractivity contribution in [3.05, 3.63) is 64.3 Å². The molecule has 1 aromatic carbocycles. The van der Waals surface area contributed by atoms with E-state index in [1.54, 1.807) is 30.9 Å². The second-order valence-electron chi connectivity index (χ2n) is 5.21. The van der Waals surface area contributed by atoms with Crippen molar-refractivity contribution in [1.29, 1.82) is 0 Å². The van der Waals surface area contributed by atoms with E-state index in [0.29, 0.717) is 34.3 Å². The van der Waals surface area contributed by atoms with Crippen LogP contribution >= 0.6 is 11.6 Å². The van der Waals surface area contributed by atoms with Crippen LogP contribution in [0.15, 0.2) is 41.2 Å². The van der Waals surface area contributed by atoms with Gasteiger partial charge >= 0.3 is 0 Å². The quantitative estimate of drug-likeness (QED) is 0.795. The molecule has 6 nitrogen and oxygen atoms in total. The largest absolute Gasteiger partial charge is 0.361 e. The van der Waals surface area contributed by atoms with Gasteiger partial charge in [0, 0.05) is 11.2 Å². The second-order valence-corrected chi connectivity index (χ2v) is 5.64. The monoisotopic (exact) mass is 330 g/mol. The highest BCUT2D eigenvalue weighted by Gasteiger charge is 2.17. The van der Waals surface area contributed by atoms with Crippen molar-refractivity contribution in [1.82, 2.24) is 14.9 Å². The molecule has 3 rings (SSSR count). The highest BCUT2D eigenvalue weighted by Crippen LogP contribution is 2.16. The van der Waals surface area contributed by atoms with Gasteiger partial charge in [0.1, 0.15) is 11.3 Å². The summed E-state index contributed by atoms with van der Waals surface area (Å²) < 4.78 is 6.75. The van der Waals surface area contributed by atoms with Crippen LogP contribution < -0.4 is 5.32 Å². The predicted molar refractivity (Wildman–Crippen MR) is 86.7 cm³/mol. The number of aryl methyl sites for hydroxylation is 2. The zero-order valence-electron chi connectivity index (χ0n) is 12.7. The van der Waals surface area contributed by atoms with Crippen molar-refractivity contribution in [2.24, 2.45) is 0 Å². The van der Waals surface area contributed by atoms with Crippen LogP contribution in [-0.4, -0.2) is 20.8 Å². The number of benzene rings is 1. The third kappa shape index (κ3) is 3.43. The molecular formula is C16H15ClN4O2. The molecule has 0 bridgehead atoms. The molecule has 7 heteroatoms. The number of aromatic nitrogens is 3. The molecular weight excluding hydrogens is 316 g/mol. The van der Waals surface area contributed by atoms with Crippen LogP contribution in [0.1, 0.15) is 27.4 Å². The van der Waals surface area contributed by atoms with Crippen molar-refractivity contribution in [3.8, 4) is 0 Å². The highest BCUT2D eigenvalue weighted by molar-refractivity contribution is 6.30. The average Bonchev–Trinajstić information content (AvgIpc) is 3.08. The SMILES string of the molecule is Cc1noc(C)c1C(=O)Nc1cnn(Cc2ccc(Cl)cc2)c1. The van der Waals surface area contributed by atoms with Gasteiger partial charge < -0.3 is 9.84 Å². The lowest BCUT2D eigenvalue weighted by molar-refractivity contribution is 0.102. The number of nitrogens with zero attached hydrogens (tertiary/aromatic N) is 3. The average molecular weight is 331 g/mol. The van der Waals surface area contributed by atoms with Gasteiger partial charge in [0.25, 0.3) is 5.91 Å². The van der Waals surface area contributed by atoms with Gasteiger partial charge in [-0.25, -0.2) is 0 Å². The molecule has 0 aliphatic carbocycles. The van der Waals surface area contributed by atoms with Crippen LogP contribution in [0.3, 0.4) is 0 Å². The number of hydrogen-bond donors (Lipinski definition) is 1. The molecule has 1 N–H and O–H groups in total. The van der Waals surface area contributed by atoms with E-state index < -0.39 is 0 Å². The van der Waals surface area contributed by atoms with Crippen molar-refractivity contribution in [2.45, 2.75) is 20.4 Å². The maximum atomic E-state index is 12.3. The number of halogens is 1. The topological polar surface area (TPSA) is 73.0 Å². The number of carbonyl (C=O) groups excluding carboxylic acids is 1. The molecule has 0 unspecified atom stereocenters. The number of nitrogens with one attached hydrogen (secondary N) is 1. The number of rotatable bonds is 4. The number of hydrogen-bond acceptors (Lipinski definition) is 4. The summed E-state index contributed by atoms with van der Waals surface area (Å²) in [5, 5.41) is 11.5. The summed E-state index contributed by atoms with van der Waals surface area (Å²) in [4.78, 5) is 12.3. The van der Waals surface area contributed by atoms with E-state index in [2.05, 4.69) is 15.6 Å². The number of carbonyl (C=O) groups is 1. The summed E-state index contributed by atoms with van der Waals surface area (Å²) in [6.45, 7) is 4.03. The lowest BCUT2D eigenvalue weighted by Crippen LogP contribution is -2.13. The molecule has 2 heterocycles. The Morgan fingerprint density at radius 3 is 2.70 bits per heavy atom. The van der Waals surface area contributed by atoms with Crippen LogP contribution in [0.5, 0.6) is 0 Å². The van der Waals surface area contributed by atoms with Gasteiger partial charge in [0.05, 0.1) is 24.1 Å². The van der Waals surface area contributed by atoms with Gasteiger partial charge in [-0.3, -0.25) is 9.48 Å². The van der Waals surface area contributed by atoms with E-state index in [4.69, 9.17) is 16.1 Å². The van der Waals surface area contributed by atoms with Crippen LogP contribution in [-0.2, 0) is 6.54 Å². The third-order valence-corrected chi connectivity index (χ3v) is 3.66. The van der Waals surface area contributed by atoms with Gasteiger partial charge in [-0.1, -0.05) is 28.9 Å². The minimum atomic E-state index is -0.257. The van der Waals surface area contributed by atoms with E-state index in [1.165, 1.54) is 0 Å². The van der Waals surface area contributed by atoms with Crippen LogP contribution in [0.4, 0.5) is 5.69 Å². The fourth-order valence-electron chi connectivity index (χ4n) is 2.29. The van der Waals surface area contributed by atoms with Crippen molar-refractivity contribution < 1.29 is 9.32 Å². The Morgan fingerprint density at radius 2 is 2.04 bits per heavy atom. The standard InChI is InChI=1S/C16H15ClN4O2/c1-10-15(11(2)23-20-10)16(22)19-14-7-18-21(9-14)8-12-3-5-13(17)6-4-12/h3-7,9H,8H2,1-2H3,(H,19,22). The molecule has 1 amide bonds. The number of anilines is 1. The molecule has 118 valence electrons. The Morgan fingerprint density at radius 1 is 1.30 bits per heavy atom. The summed E-state index contributed by atoms with van der Waals surface area (Å²) >= 11 is 5.87. The van der Waals surface area contributed by atoms with Crippen LogP contribution in [0, 0.1) is 13.8 Å². The maximum Gasteiger partial charge on any atom is 0.261 e. The maximum absolute atomic E-state index is 12.3. The molecule has 3 aromatic rings. The zero-order valence-corrected chi connectivity index (χ0v) is 13.5. The predicted octanol–water partition coefficient (Wildman–Crippen LogP) is 3.44. The smallest absolute Gasteiger partial charge is 0.261 e. The summed E-state index contributed by atoms with van der Waals surface area (Å²) in [7, 11) is 0. The summed E-state index contributed by atoms with van der Waals surface area (Å²) in [6.07, 6.45) is 3.37. The van der Waals surface area contributed by atoms with Crippen LogP contribution in [0.25, 0.3) is 0 Å². The second kappa shape index (κ2) is 6.26. The first-order valence-corrected chi connectivity index (χ1v) is 7.42. The molecule has 0 fully saturated rings. The fourth-order valence-corrected chi connectivity index (χ4v) is 2.42. The Balaban J connectivity index is 1.70. The number of amides is 1. The first-order chi connectivity index (χ1) is 11.0. The van der Waals surface area contributed by atoms with Crippen LogP contribution in [0.2, 0.25) is 5.02 Å². The molecule has 2 aromatic heterocycles. The first kappa shape index (κ1) is 15.3. The minimum absolute atomic E-state index is 0.257. The lowest BCUT2D eigenvalue weighted by Gasteiger charge is -2.02. The van der Waals surface area contributed by atoms with Gasteiger partial charge in [0.2, 0.25) is 0 Å². The van der Waals surface area contributed by atoms with Crippen molar-refractivity contribution in [2.75, 3.05) is 5.32 Å². The van der Waals surface area contributed by atoms with E-state index in [1.807, 2.05) is 24.3 Å². The van der Waals surface area contributed by atoms with E-state index in [-0.39, 0.29) is 5.91 Å². The Kier molecular flexibility index (Phi) is 4.16. The molecule has 0 aliphatic heterocycles. The fraction of sp³-hybridized carbons (Fsp3) is 0.188. The molecule has 0 spiro atoms. The summed E-state index contributed by atoms with van der Waals surface area (Å²) in [5.74, 6) is 0.237. The van der Waals surface area contributed by atoms with Gasteiger partial charge in [-0.15, -0.1) is 0 Å². The van der Waals surface area contributed by atoms with E-state index in [9.17, 15) is 4.79 Å². The molecule has 0 saturated carbocycles. The molecule has 0 aliphatic rings. The normalized spacial score (nSPS) is 10.7. The molecule has 23 heavy (non-hydrogen) atoms. The molecule has 0 saturated heterocycles. The minimum Gasteiger partial charge on any atom is -0.361 e. The van der Waals surface area contributed by atoms with E-state index in [0.717, 1.165) is 5.56 Å². The van der Waals surface area contributed by atoms with E-state index >= 15 is 0 Å². The lowest BCUT2D eigenvalue weighted by atomic mass is 10.2. The zero-order chi connectivity index (χ0) is 16.4. The molecule has 0 atom stereocenters. The van der Waals surface area contributed by atoms with Gasteiger partial charge in [-0.2, -0.15) is 5.10 Å². The Bertz CT molecular complexity index is 817.